The third-order valence-corrected chi connectivity index (χ3v) is 3.92. The number of rotatable bonds is 6. The second-order valence-corrected chi connectivity index (χ2v) is 5.91. The summed E-state index contributed by atoms with van der Waals surface area (Å²) in [7, 11) is 5.17. The molecule has 126 valence electrons. The molecule has 1 atom stereocenters. The van der Waals surface area contributed by atoms with E-state index >= 15 is 0 Å². The van der Waals surface area contributed by atoms with Crippen LogP contribution >= 0.6 is 0 Å². The van der Waals surface area contributed by atoms with Crippen LogP contribution in [0.4, 0.5) is 5.95 Å². The first kappa shape index (κ1) is 17.2. The van der Waals surface area contributed by atoms with Gasteiger partial charge >= 0.3 is 5.97 Å². The van der Waals surface area contributed by atoms with Crippen LogP contribution in [0.5, 0.6) is 0 Å². The molecule has 1 aromatic heterocycles. The Labute approximate surface area is 136 Å². The summed E-state index contributed by atoms with van der Waals surface area (Å²) >= 11 is 0. The lowest BCUT2D eigenvalue weighted by atomic mass is 9.92. The van der Waals surface area contributed by atoms with Crippen LogP contribution in [0.3, 0.4) is 0 Å². The van der Waals surface area contributed by atoms with Crippen LogP contribution in [-0.2, 0) is 20.7 Å². The standard InChI is InChI=1S/C16H24N4O3/c1-20(2)16-17-10-11-12(6-4-7-13(11)19-16)18-14(21)8-5-9-15(22)23-3/h10,12H,4-9H2,1-3H3,(H,18,21). The molecular formula is C16H24N4O3. The van der Waals surface area contributed by atoms with Crippen molar-refractivity contribution in [3.63, 3.8) is 0 Å². The topological polar surface area (TPSA) is 84.4 Å². The molecule has 1 aliphatic rings. The maximum atomic E-state index is 12.1. The molecule has 1 unspecified atom stereocenters. The van der Waals surface area contributed by atoms with Crippen molar-refractivity contribution >= 4 is 17.8 Å². The number of esters is 1. The summed E-state index contributed by atoms with van der Waals surface area (Å²) in [6, 6.07) is -0.0411. The molecule has 0 radical (unpaired) electrons. The van der Waals surface area contributed by atoms with Gasteiger partial charge in [-0.25, -0.2) is 9.97 Å². The van der Waals surface area contributed by atoms with Gasteiger partial charge in [0.05, 0.1) is 18.8 Å². The Kier molecular flexibility index (Phi) is 5.90. The first-order valence-electron chi connectivity index (χ1n) is 7.90. The molecule has 0 aliphatic heterocycles. The molecule has 1 N–H and O–H groups in total. The highest BCUT2D eigenvalue weighted by atomic mass is 16.5. The van der Waals surface area contributed by atoms with Crippen LogP contribution in [0.1, 0.15) is 49.4 Å². The summed E-state index contributed by atoms with van der Waals surface area (Å²) in [6.07, 6.45) is 5.68. The van der Waals surface area contributed by atoms with E-state index in [1.807, 2.05) is 25.2 Å². The summed E-state index contributed by atoms with van der Waals surface area (Å²) in [5, 5.41) is 3.03. The molecule has 23 heavy (non-hydrogen) atoms. The number of anilines is 1. The maximum Gasteiger partial charge on any atom is 0.305 e. The number of carbonyl (C=O) groups is 2. The molecule has 1 aromatic rings. The average molecular weight is 320 g/mol. The Balaban J connectivity index is 1.95. The number of aromatic nitrogens is 2. The van der Waals surface area contributed by atoms with Crippen LogP contribution in [0.25, 0.3) is 0 Å². The van der Waals surface area contributed by atoms with E-state index in [1.165, 1.54) is 7.11 Å². The monoisotopic (exact) mass is 320 g/mol. The predicted molar refractivity (Wildman–Crippen MR) is 86.0 cm³/mol. The van der Waals surface area contributed by atoms with Gasteiger partial charge in [0.15, 0.2) is 0 Å². The van der Waals surface area contributed by atoms with Crippen LogP contribution in [-0.4, -0.2) is 43.0 Å². The van der Waals surface area contributed by atoms with Gasteiger partial charge in [-0.2, -0.15) is 0 Å². The lowest BCUT2D eigenvalue weighted by Gasteiger charge is -2.26. The number of nitrogens with zero attached hydrogens (tertiary/aromatic N) is 3. The maximum absolute atomic E-state index is 12.1. The summed E-state index contributed by atoms with van der Waals surface area (Å²) in [6.45, 7) is 0. The summed E-state index contributed by atoms with van der Waals surface area (Å²) < 4.78 is 4.57. The zero-order valence-corrected chi connectivity index (χ0v) is 14.0. The van der Waals surface area contributed by atoms with Gasteiger partial charge in [-0.15, -0.1) is 0 Å². The zero-order chi connectivity index (χ0) is 16.8. The largest absolute Gasteiger partial charge is 0.469 e. The molecule has 1 amide bonds. The van der Waals surface area contributed by atoms with Crippen LogP contribution in [0.15, 0.2) is 6.20 Å². The zero-order valence-electron chi connectivity index (χ0n) is 14.0. The van der Waals surface area contributed by atoms with Gasteiger partial charge in [0.25, 0.3) is 0 Å². The number of aryl methyl sites for hydroxylation is 1. The number of hydrogen-bond acceptors (Lipinski definition) is 6. The van der Waals surface area contributed by atoms with Crippen molar-refractivity contribution in [3.8, 4) is 0 Å². The highest BCUT2D eigenvalue weighted by Crippen LogP contribution is 2.29. The first-order valence-corrected chi connectivity index (χ1v) is 7.90. The molecular weight excluding hydrogens is 296 g/mol. The minimum Gasteiger partial charge on any atom is -0.469 e. The van der Waals surface area contributed by atoms with Gasteiger partial charge in [0.1, 0.15) is 0 Å². The van der Waals surface area contributed by atoms with Gasteiger partial charge < -0.3 is 15.0 Å². The highest BCUT2D eigenvalue weighted by Gasteiger charge is 2.24. The van der Waals surface area contributed by atoms with E-state index in [0.717, 1.165) is 30.5 Å². The molecule has 0 bridgehead atoms. The Bertz CT molecular complexity index is 574. The molecule has 0 saturated carbocycles. The summed E-state index contributed by atoms with van der Waals surface area (Å²) in [5.74, 6) is 0.350. The Morgan fingerprint density at radius 1 is 1.39 bits per heavy atom. The normalized spacial score (nSPS) is 16.4. The number of fused-ring (bicyclic) bond motifs is 1. The van der Waals surface area contributed by atoms with Crippen molar-refractivity contribution in [2.24, 2.45) is 0 Å². The SMILES string of the molecule is COC(=O)CCCC(=O)NC1CCCc2nc(N(C)C)ncc21. The van der Waals surface area contributed by atoms with Crippen LogP contribution in [0.2, 0.25) is 0 Å². The van der Waals surface area contributed by atoms with Crippen LogP contribution in [0, 0.1) is 0 Å². The van der Waals surface area contributed by atoms with Gasteiger partial charge in [0, 0.05) is 38.7 Å². The fourth-order valence-corrected chi connectivity index (χ4v) is 2.66. The molecule has 0 spiro atoms. The third-order valence-electron chi connectivity index (χ3n) is 3.92. The van der Waals surface area contributed by atoms with Crippen LogP contribution < -0.4 is 10.2 Å². The molecule has 0 fully saturated rings. The third kappa shape index (κ3) is 4.64. The number of hydrogen-bond donors (Lipinski definition) is 1. The van der Waals surface area contributed by atoms with Crippen molar-refractivity contribution in [3.05, 3.63) is 17.5 Å². The molecule has 1 aliphatic carbocycles. The van der Waals surface area contributed by atoms with E-state index in [0.29, 0.717) is 18.8 Å². The Morgan fingerprint density at radius 2 is 2.17 bits per heavy atom. The predicted octanol–water partition coefficient (Wildman–Crippen LogP) is 1.38. The lowest BCUT2D eigenvalue weighted by Crippen LogP contribution is -2.31. The number of carbonyl (C=O) groups excluding carboxylic acids is 2. The smallest absolute Gasteiger partial charge is 0.305 e. The van der Waals surface area contributed by atoms with E-state index < -0.39 is 0 Å². The van der Waals surface area contributed by atoms with Gasteiger partial charge in [-0.05, 0) is 25.7 Å². The van der Waals surface area contributed by atoms with E-state index in [9.17, 15) is 9.59 Å². The fraction of sp³-hybridized carbons (Fsp3) is 0.625. The van der Waals surface area contributed by atoms with Gasteiger partial charge in [-0.3, -0.25) is 9.59 Å². The second kappa shape index (κ2) is 7.89. The number of ether oxygens (including phenoxy) is 1. The molecule has 0 aromatic carbocycles. The number of nitrogens with one attached hydrogen (secondary N) is 1. The first-order chi connectivity index (χ1) is 11.0. The number of methoxy groups -OCH3 is 1. The fourth-order valence-electron chi connectivity index (χ4n) is 2.66. The summed E-state index contributed by atoms with van der Waals surface area (Å²) in [5.41, 5.74) is 2.01. The van der Waals surface area contributed by atoms with E-state index in [4.69, 9.17) is 0 Å². The molecule has 7 heteroatoms. The lowest BCUT2D eigenvalue weighted by molar-refractivity contribution is -0.140. The quantitative estimate of drug-likeness (QED) is 0.797. The molecule has 1 heterocycles. The average Bonchev–Trinajstić information content (AvgIpc) is 2.54. The summed E-state index contributed by atoms with van der Waals surface area (Å²) in [4.78, 5) is 33.9. The minimum absolute atomic E-state index is 0.0411. The number of amides is 1. The van der Waals surface area contributed by atoms with Crippen molar-refractivity contribution in [1.29, 1.82) is 0 Å². The van der Waals surface area contributed by atoms with Gasteiger partial charge in [-0.1, -0.05) is 0 Å². The molecule has 0 saturated heterocycles. The van der Waals surface area contributed by atoms with Crippen molar-refractivity contribution in [1.82, 2.24) is 15.3 Å². The molecule has 7 nitrogen and oxygen atoms in total. The Hall–Kier alpha value is -2.18. The highest BCUT2D eigenvalue weighted by molar-refractivity contribution is 5.77. The van der Waals surface area contributed by atoms with Crippen molar-refractivity contribution in [2.75, 3.05) is 26.1 Å². The second-order valence-electron chi connectivity index (χ2n) is 5.91. The minimum atomic E-state index is -0.287. The van der Waals surface area contributed by atoms with E-state index in [-0.39, 0.29) is 24.3 Å². The van der Waals surface area contributed by atoms with E-state index in [2.05, 4.69) is 20.0 Å². The van der Waals surface area contributed by atoms with Gasteiger partial charge in [0.2, 0.25) is 11.9 Å². The molecule has 2 rings (SSSR count). The van der Waals surface area contributed by atoms with Crippen molar-refractivity contribution in [2.45, 2.75) is 44.6 Å². The van der Waals surface area contributed by atoms with E-state index in [1.54, 1.807) is 0 Å². The Morgan fingerprint density at radius 3 is 2.87 bits per heavy atom. The van der Waals surface area contributed by atoms with Crippen molar-refractivity contribution < 1.29 is 14.3 Å².